The van der Waals surface area contributed by atoms with Crippen molar-refractivity contribution in [2.24, 2.45) is 0 Å². The van der Waals surface area contributed by atoms with Gasteiger partial charge >= 0.3 is 5.97 Å². The van der Waals surface area contributed by atoms with E-state index in [-0.39, 0.29) is 5.97 Å². The molecule has 1 heterocycles. The topological polar surface area (TPSA) is 47.0 Å². The highest BCUT2D eigenvalue weighted by Crippen LogP contribution is 2.09. The smallest absolute Gasteiger partial charge is 0.356 e. The summed E-state index contributed by atoms with van der Waals surface area (Å²) < 4.78 is 7.25. The lowest BCUT2D eigenvalue weighted by Gasteiger charge is -2.07. The van der Waals surface area contributed by atoms with E-state index in [1.54, 1.807) is 17.7 Å². The molecule has 0 amide bonds. The highest BCUT2D eigenvalue weighted by atomic mass is 32.1. The van der Waals surface area contributed by atoms with E-state index in [1.807, 2.05) is 30.3 Å². The number of carbonyl (C=O) groups is 1. The van der Waals surface area contributed by atoms with Crippen molar-refractivity contribution in [3.63, 3.8) is 0 Å². The molecule has 0 aliphatic rings. The van der Waals surface area contributed by atoms with Crippen molar-refractivity contribution in [3.8, 4) is 0 Å². The molecule has 0 radical (unpaired) electrons. The molecule has 0 spiro atoms. The molecule has 0 unspecified atom stereocenters. The summed E-state index contributed by atoms with van der Waals surface area (Å²) in [5.74, 6) is -0.360. The van der Waals surface area contributed by atoms with E-state index in [4.69, 9.17) is 17.0 Å². The molecular weight excluding hydrogens is 248 g/mol. The van der Waals surface area contributed by atoms with Gasteiger partial charge in [0.15, 0.2) is 4.77 Å². The minimum absolute atomic E-state index is 0.349. The Balaban J connectivity index is 2.30. The van der Waals surface area contributed by atoms with E-state index in [9.17, 15) is 4.79 Å². The molecule has 0 aliphatic heterocycles. The van der Waals surface area contributed by atoms with Crippen LogP contribution in [-0.4, -0.2) is 22.1 Å². The molecule has 0 bridgehead atoms. The average molecular weight is 262 g/mol. The summed E-state index contributed by atoms with van der Waals surface area (Å²) in [7, 11) is 0. The molecule has 1 aromatic heterocycles. The van der Waals surface area contributed by atoms with Gasteiger partial charge in [-0.25, -0.2) is 4.79 Å². The standard InChI is InChI=1S/C13H14N2O2S/c1-2-17-12(16)11-8-14-13(18)15(11)9-10-6-4-3-5-7-10/h3-8H,2,9H2,1H3,(H,14,18). The minimum atomic E-state index is -0.360. The number of H-pyrrole nitrogens is 1. The highest BCUT2D eigenvalue weighted by Gasteiger charge is 2.13. The fourth-order valence-electron chi connectivity index (χ4n) is 1.69. The van der Waals surface area contributed by atoms with Crippen LogP contribution in [0, 0.1) is 4.77 Å². The van der Waals surface area contributed by atoms with Crippen LogP contribution in [0.4, 0.5) is 0 Å². The van der Waals surface area contributed by atoms with Crippen LogP contribution in [-0.2, 0) is 11.3 Å². The molecule has 0 saturated heterocycles. The third kappa shape index (κ3) is 2.68. The fourth-order valence-corrected chi connectivity index (χ4v) is 1.91. The number of ether oxygens (including phenoxy) is 1. The van der Waals surface area contributed by atoms with Crippen LogP contribution >= 0.6 is 12.2 Å². The predicted molar refractivity (Wildman–Crippen MR) is 71.1 cm³/mol. The van der Waals surface area contributed by atoms with E-state index < -0.39 is 0 Å². The summed E-state index contributed by atoms with van der Waals surface area (Å²) in [6, 6.07) is 9.84. The molecular formula is C13H14N2O2S. The Hall–Kier alpha value is -1.88. The lowest BCUT2D eigenvalue weighted by Crippen LogP contribution is -2.13. The first kappa shape index (κ1) is 12.6. The van der Waals surface area contributed by atoms with Crippen LogP contribution in [0.2, 0.25) is 0 Å². The van der Waals surface area contributed by atoms with Gasteiger partial charge in [0.2, 0.25) is 0 Å². The number of nitrogens with one attached hydrogen (secondary N) is 1. The van der Waals surface area contributed by atoms with Crippen LogP contribution in [0.25, 0.3) is 0 Å². The molecule has 2 aromatic rings. The summed E-state index contributed by atoms with van der Waals surface area (Å²) in [5, 5.41) is 0. The van der Waals surface area contributed by atoms with Crippen molar-refractivity contribution in [2.45, 2.75) is 13.5 Å². The molecule has 0 atom stereocenters. The number of hydrogen-bond acceptors (Lipinski definition) is 3. The van der Waals surface area contributed by atoms with Crippen molar-refractivity contribution in [1.82, 2.24) is 9.55 Å². The lowest BCUT2D eigenvalue weighted by atomic mass is 10.2. The molecule has 5 heteroatoms. The number of esters is 1. The van der Waals surface area contributed by atoms with Gasteiger partial charge in [-0.3, -0.25) is 0 Å². The molecule has 4 nitrogen and oxygen atoms in total. The minimum Gasteiger partial charge on any atom is -0.461 e. The second kappa shape index (κ2) is 5.64. The zero-order chi connectivity index (χ0) is 13.0. The zero-order valence-electron chi connectivity index (χ0n) is 10.1. The number of aromatic amines is 1. The van der Waals surface area contributed by atoms with Crippen molar-refractivity contribution >= 4 is 18.2 Å². The highest BCUT2D eigenvalue weighted by molar-refractivity contribution is 7.71. The van der Waals surface area contributed by atoms with E-state index in [0.29, 0.717) is 23.6 Å². The molecule has 94 valence electrons. The van der Waals surface area contributed by atoms with Crippen molar-refractivity contribution in [3.05, 3.63) is 52.6 Å². The van der Waals surface area contributed by atoms with Gasteiger partial charge in [0.25, 0.3) is 0 Å². The molecule has 0 aliphatic carbocycles. The van der Waals surface area contributed by atoms with E-state index in [0.717, 1.165) is 5.56 Å². The summed E-state index contributed by atoms with van der Waals surface area (Å²) in [6.07, 6.45) is 1.59. The largest absolute Gasteiger partial charge is 0.461 e. The SMILES string of the molecule is CCOC(=O)c1c[nH]c(=S)n1Cc1ccccc1. The van der Waals surface area contributed by atoms with Gasteiger partial charge < -0.3 is 14.3 Å². The Kier molecular flexibility index (Phi) is 3.94. The van der Waals surface area contributed by atoms with Gasteiger partial charge in [-0.2, -0.15) is 0 Å². The second-order valence-electron chi connectivity index (χ2n) is 3.77. The van der Waals surface area contributed by atoms with Gasteiger partial charge in [-0.05, 0) is 24.7 Å². The first-order valence-electron chi connectivity index (χ1n) is 5.71. The van der Waals surface area contributed by atoms with Crippen LogP contribution in [0.15, 0.2) is 36.5 Å². The van der Waals surface area contributed by atoms with Gasteiger partial charge in [-0.1, -0.05) is 30.3 Å². The van der Waals surface area contributed by atoms with Crippen LogP contribution < -0.4 is 0 Å². The quantitative estimate of drug-likeness (QED) is 0.681. The summed E-state index contributed by atoms with van der Waals surface area (Å²) in [5.41, 5.74) is 1.53. The van der Waals surface area contributed by atoms with Gasteiger partial charge in [-0.15, -0.1) is 0 Å². The number of hydrogen-bond donors (Lipinski definition) is 1. The number of carbonyl (C=O) groups excluding carboxylic acids is 1. The molecule has 2 rings (SSSR count). The Labute approximate surface area is 110 Å². The number of nitrogens with zero attached hydrogens (tertiary/aromatic N) is 1. The third-order valence-electron chi connectivity index (χ3n) is 2.54. The van der Waals surface area contributed by atoms with Crippen LogP contribution in [0.1, 0.15) is 23.0 Å². The Morgan fingerprint density at radius 2 is 2.11 bits per heavy atom. The Morgan fingerprint density at radius 3 is 2.78 bits per heavy atom. The second-order valence-corrected chi connectivity index (χ2v) is 4.16. The zero-order valence-corrected chi connectivity index (χ0v) is 10.9. The van der Waals surface area contributed by atoms with E-state index in [2.05, 4.69) is 4.98 Å². The maximum absolute atomic E-state index is 11.8. The Bertz CT molecular complexity index is 587. The van der Waals surface area contributed by atoms with Crippen LogP contribution in [0.5, 0.6) is 0 Å². The van der Waals surface area contributed by atoms with Gasteiger partial charge in [0, 0.05) is 6.20 Å². The van der Waals surface area contributed by atoms with Crippen molar-refractivity contribution < 1.29 is 9.53 Å². The fraction of sp³-hybridized carbons (Fsp3) is 0.231. The maximum Gasteiger partial charge on any atom is 0.356 e. The first-order valence-corrected chi connectivity index (χ1v) is 6.12. The van der Waals surface area contributed by atoms with Crippen molar-refractivity contribution in [1.29, 1.82) is 0 Å². The number of imidazole rings is 1. The summed E-state index contributed by atoms with van der Waals surface area (Å²) >= 11 is 5.18. The van der Waals surface area contributed by atoms with Gasteiger partial charge in [0.05, 0.1) is 13.2 Å². The molecule has 1 N–H and O–H groups in total. The summed E-state index contributed by atoms with van der Waals surface area (Å²) in [6.45, 7) is 2.68. The number of benzene rings is 1. The maximum atomic E-state index is 11.8. The predicted octanol–water partition coefficient (Wildman–Crippen LogP) is 2.77. The van der Waals surface area contributed by atoms with Gasteiger partial charge in [0.1, 0.15) is 5.69 Å². The normalized spacial score (nSPS) is 10.3. The molecule has 0 saturated carbocycles. The number of aromatic nitrogens is 2. The van der Waals surface area contributed by atoms with E-state index >= 15 is 0 Å². The molecule has 0 fully saturated rings. The molecule has 18 heavy (non-hydrogen) atoms. The van der Waals surface area contributed by atoms with Crippen molar-refractivity contribution in [2.75, 3.05) is 6.61 Å². The third-order valence-corrected chi connectivity index (χ3v) is 2.87. The Morgan fingerprint density at radius 1 is 1.39 bits per heavy atom. The first-order chi connectivity index (χ1) is 8.72. The summed E-state index contributed by atoms with van der Waals surface area (Å²) in [4.78, 5) is 14.6. The molecule has 1 aromatic carbocycles. The van der Waals surface area contributed by atoms with Crippen LogP contribution in [0.3, 0.4) is 0 Å². The average Bonchev–Trinajstić information content (AvgIpc) is 2.73. The number of rotatable bonds is 4. The monoisotopic (exact) mass is 262 g/mol. The lowest BCUT2D eigenvalue weighted by molar-refractivity contribution is 0.0514. The van der Waals surface area contributed by atoms with E-state index in [1.165, 1.54) is 0 Å².